The SMILES string of the molecule is N#Cc1nc([C@@H]2C[C@@H]2c2ccccc2)oc1NC[C@H](c1ccc(F)cc1F)N1CCCC1. The Morgan fingerprint density at radius 3 is 2.62 bits per heavy atom. The highest BCUT2D eigenvalue weighted by molar-refractivity contribution is 5.47. The number of nitrogens with one attached hydrogen (secondary N) is 1. The van der Waals surface area contributed by atoms with E-state index in [0.29, 0.717) is 29.8 Å². The van der Waals surface area contributed by atoms with Crippen LogP contribution < -0.4 is 5.32 Å². The zero-order chi connectivity index (χ0) is 22.1. The average Bonchev–Trinajstić information content (AvgIpc) is 3.22. The number of nitriles is 1. The summed E-state index contributed by atoms with van der Waals surface area (Å²) < 4.78 is 34.0. The van der Waals surface area contributed by atoms with Gasteiger partial charge in [-0.2, -0.15) is 5.26 Å². The van der Waals surface area contributed by atoms with Crippen molar-refractivity contribution in [2.24, 2.45) is 0 Å². The van der Waals surface area contributed by atoms with E-state index in [0.717, 1.165) is 38.4 Å². The molecule has 7 heteroatoms. The van der Waals surface area contributed by atoms with Crippen LogP contribution in [-0.4, -0.2) is 29.5 Å². The molecular formula is C25H24F2N4O. The van der Waals surface area contributed by atoms with E-state index in [-0.39, 0.29) is 17.7 Å². The fourth-order valence-corrected chi connectivity index (χ4v) is 4.68. The number of aromatic nitrogens is 1. The van der Waals surface area contributed by atoms with Crippen molar-refractivity contribution >= 4 is 5.88 Å². The quantitative estimate of drug-likeness (QED) is 0.543. The molecule has 2 aromatic carbocycles. The zero-order valence-electron chi connectivity index (χ0n) is 17.6. The number of hydrogen-bond donors (Lipinski definition) is 1. The predicted molar refractivity (Wildman–Crippen MR) is 116 cm³/mol. The van der Waals surface area contributed by atoms with Crippen LogP contribution in [-0.2, 0) is 0 Å². The minimum atomic E-state index is -0.594. The third-order valence-corrected chi connectivity index (χ3v) is 6.44. The van der Waals surface area contributed by atoms with Crippen LogP contribution in [0.15, 0.2) is 52.9 Å². The molecule has 2 fully saturated rings. The molecule has 1 aliphatic carbocycles. The molecule has 1 aromatic heterocycles. The number of oxazole rings is 1. The predicted octanol–water partition coefficient (Wildman–Crippen LogP) is 5.34. The van der Waals surface area contributed by atoms with E-state index < -0.39 is 11.6 Å². The maximum atomic E-state index is 14.6. The standard InChI is InChI=1S/C25H24F2N4O/c26-17-8-9-18(21(27)12-17)23(31-10-4-5-11-31)15-29-25-22(14-28)30-24(32-25)20-13-19(20)16-6-2-1-3-7-16/h1-3,6-9,12,19-20,23,29H,4-5,10-11,13,15H2/t19-,20-,23-/m1/s1. The van der Waals surface area contributed by atoms with Gasteiger partial charge in [0.25, 0.3) is 0 Å². The summed E-state index contributed by atoms with van der Waals surface area (Å²) >= 11 is 0. The molecule has 0 spiro atoms. The van der Waals surface area contributed by atoms with Gasteiger partial charge in [-0.25, -0.2) is 13.8 Å². The summed E-state index contributed by atoms with van der Waals surface area (Å²) in [7, 11) is 0. The van der Waals surface area contributed by atoms with Gasteiger partial charge in [-0.3, -0.25) is 4.90 Å². The van der Waals surface area contributed by atoms with Crippen molar-refractivity contribution < 1.29 is 13.2 Å². The van der Waals surface area contributed by atoms with Gasteiger partial charge in [0.05, 0.1) is 6.04 Å². The van der Waals surface area contributed by atoms with Crippen molar-refractivity contribution in [1.29, 1.82) is 5.26 Å². The third kappa shape index (κ3) is 4.11. The van der Waals surface area contributed by atoms with E-state index in [9.17, 15) is 14.0 Å². The van der Waals surface area contributed by atoms with E-state index >= 15 is 0 Å². The fraction of sp³-hybridized carbons (Fsp3) is 0.360. The largest absolute Gasteiger partial charge is 0.424 e. The van der Waals surface area contributed by atoms with Crippen LogP contribution in [0.2, 0.25) is 0 Å². The Hall–Kier alpha value is -3.24. The van der Waals surface area contributed by atoms with E-state index in [1.165, 1.54) is 17.7 Å². The minimum absolute atomic E-state index is 0.156. The zero-order valence-corrected chi connectivity index (χ0v) is 17.6. The lowest BCUT2D eigenvalue weighted by molar-refractivity contribution is 0.249. The van der Waals surface area contributed by atoms with Crippen molar-refractivity contribution in [3.05, 3.63) is 82.9 Å². The molecule has 1 aliphatic heterocycles. The highest BCUT2D eigenvalue weighted by Gasteiger charge is 2.43. The van der Waals surface area contributed by atoms with Crippen LogP contribution in [0.4, 0.5) is 14.7 Å². The summed E-state index contributed by atoms with van der Waals surface area (Å²) in [5.41, 5.74) is 1.88. The van der Waals surface area contributed by atoms with Crippen molar-refractivity contribution in [1.82, 2.24) is 9.88 Å². The normalized spacial score (nSPS) is 21.3. The molecule has 1 N–H and O–H groups in total. The molecule has 3 atom stereocenters. The summed E-state index contributed by atoms with van der Waals surface area (Å²) in [5.74, 6) is 0.218. The highest BCUT2D eigenvalue weighted by atomic mass is 19.1. The first-order chi connectivity index (χ1) is 15.6. The number of benzene rings is 2. The summed E-state index contributed by atoms with van der Waals surface area (Å²) in [5, 5.41) is 12.7. The summed E-state index contributed by atoms with van der Waals surface area (Å²) in [6, 6.07) is 15.7. The maximum Gasteiger partial charge on any atom is 0.232 e. The van der Waals surface area contributed by atoms with Crippen molar-refractivity contribution in [3.63, 3.8) is 0 Å². The van der Waals surface area contributed by atoms with Gasteiger partial charge in [0, 0.05) is 24.1 Å². The lowest BCUT2D eigenvalue weighted by Gasteiger charge is -2.28. The molecule has 5 rings (SSSR count). The van der Waals surface area contributed by atoms with Gasteiger partial charge in [0.15, 0.2) is 0 Å². The molecule has 164 valence electrons. The molecule has 2 aliphatic rings. The molecule has 32 heavy (non-hydrogen) atoms. The number of hydrogen-bond acceptors (Lipinski definition) is 5. The Kier molecular flexibility index (Phi) is 5.62. The van der Waals surface area contributed by atoms with Gasteiger partial charge < -0.3 is 9.73 Å². The number of rotatable bonds is 7. The number of anilines is 1. The third-order valence-electron chi connectivity index (χ3n) is 6.44. The topological polar surface area (TPSA) is 65.1 Å². The number of likely N-dealkylation sites (tertiary alicyclic amines) is 1. The van der Waals surface area contributed by atoms with E-state index in [1.54, 1.807) is 0 Å². The van der Waals surface area contributed by atoms with E-state index in [2.05, 4.69) is 33.4 Å². The summed E-state index contributed by atoms with van der Waals surface area (Å²) in [6.45, 7) is 2.02. The molecule has 1 saturated heterocycles. The fourth-order valence-electron chi connectivity index (χ4n) is 4.68. The first-order valence-electron chi connectivity index (χ1n) is 11.0. The van der Waals surface area contributed by atoms with Crippen LogP contribution in [0.1, 0.15) is 59.9 Å². The van der Waals surface area contributed by atoms with Crippen molar-refractivity contribution in [2.75, 3.05) is 25.0 Å². The van der Waals surface area contributed by atoms with Crippen LogP contribution in [0.5, 0.6) is 0 Å². The lowest BCUT2D eigenvalue weighted by Crippen LogP contribution is -2.31. The first-order valence-corrected chi connectivity index (χ1v) is 11.0. The second kappa shape index (κ2) is 8.71. The maximum absolute atomic E-state index is 14.6. The molecule has 5 nitrogen and oxygen atoms in total. The van der Waals surface area contributed by atoms with E-state index in [4.69, 9.17) is 4.42 Å². The average molecular weight is 434 g/mol. The number of halogens is 2. The summed E-state index contributed by atoms with van der Waals surface area (Å²) in [4.78, 5) is 6.60. The smallest absolute Gasteiger partial charge is 0.232 e. The second-order valence-corrected chi connectivity index (χ2v) is 8.51. The Morgan fingerprint density at radius 2 is 1.91 bits per heavy atom. The monoisotopic (exact) mass is 434 g/mol. The van der Waals surface area contributed by atoms with Gasteiger partial charge >= 0.3 is 0 Å². The minimum Gasteiger partial charge on any atom is -0.424 e. The first kappa shape index (κ1) is 20.7. The molecule has 0 bridgehead atoms. The Labute approximate surface area is 185 Å². The van der Waals surface area contributed by atoms with Crippen molar-refractivity contribution in [3.8, 4) is 6.07 Å². The molecule has 0 radical (unpaired) electrons. The summed E-state index contributed by atoms with van der Waals surface area (Å²) in [6.07, 6.45) is 3.02. The van der Waals surface area contributed by atoms with Gasteiger partial charge in [-0.1, -0.05) is 36.4 Å². The highest BCUT2D eigenvalue weighted by Crippen LogP contribution is 2.54. The molecule has 0 amide bonds. The molecular weight excluding hydrogens is 410 g/mol. The van der Waals surface area contributed by atoms with Gasteiger partial charge in [-0.15, -0.1) is 0 Å². The Balaban J connectivity index is 1.34. The lowest BCUT2D eigenvalue weighted by atomic mass is 10.0. The van der Waals surface area contributed by atoms with Gasteiger partial charge in [0.1, 0.15) is 17.7 Å². The van der Waals surface area contributed by atoms with Crippen LogP contribution in [0.25, 0.3) is 0 Å². The molecule has 3 aromatic rings. The second-order valence-electron chi connectivity index (χ2n) is 8.51. The molecule has 0 unspecified atom stereocenters. The number of nitrogens with zero attached hydrogens (tertiary/aromatic N) is 3. The van der Waals surface area contributed by atoms with Crippen LogP contribution in [0.3, 0.4) is 0 Å². The van der Waals surface area contributed by atoms with E-state index in [1.807, 2.05) is 18.2 Å². The van der Waals surface area contributed by atoms with Crippen LogP contribution in [0, 0.1) is 23.0 Å². The van der Waals surface area contributed by atoms with Gasteiger partial charge in [0.2, 0.25) is 17.5 Å². The molecule has 2 heterocycles. The van der Waals surface area contributed by atoms with Crippen LogP contribution >= 0.6 is 0 Å². The van der Waals surface area contributed by atoms with Crippen molar-refractivity contribution in [2.45, 2.75) is 37.1 Å². The van der Waals surface area contributed by atoms with Gasteiger partial charge in [-0.05, 0) is 49.9 Å². The molecule has 1 saturated carbocycles. The Bertz CT molecular complexity index is 1130. The Morgan fingerprint density at radius 1 is 1.12 bits per heavy atom.